The van der Waals surface area contributed by atoms with Gasteiger partial charge in [0, 0.05) is 17.4 Å². The predicted octanol–water partition coefficient (Wildman–Crippen LogP) is 3.90. The molecule has 1 aliphatic carbocycles. The van der Waals surface area contributed by atoms with E-state index >= 15 is 0 Å². The van der Waals surface area contributed by atoms with E-state index in [0.717, 1.165) is 17.2 Å². The highest BCUT2D eigenvalue weighted by molar-refractivity contribution is 7.99. The minimum Gasteiger partial charge on any atom is -0.310 e. The second-order valence-corrected chi connectivity index (χ2v) is 8.97. The lowest BCUT2D eigenvalue weighted by atomic mass is 9.92. The maximum atomic E-state index is 12.5. The number of para-hydroxylation sites is 1. The molecule has 28 heavy (non-hydrogen) atoms. The van der Waals surface area contributed by atoms with E-state index in [4.69, 9.17) is 5.10 Å². The Balaban J connectivity index is 1.47. The predicted molar refractivity (Wildman–Crippen MR) is 110 cm³/mol. The van der Waals surface area contributed by atoms with Crippen molar-refractivity contribution in [3.8, 4) is 5.69 Å². The van der Waals surface area contributed by atoms with Crippen LogP contribution in [0.1, 0.15) is 51.0 Å². The monoisotopic (exact) mass is 396 g/mol. The second-order valence-electron chi connectivity index (χ2n) is 8.03. The fourth-order valence-electron chi connectivity index (χ4n) is 2.77. The molecular weight excluding hydrogens is 372 g/mol. The number of carbonyl (C=O) groups is 1. The Kier molecular flexibility index (Phi) is 4.97. The molecule has 1 aromatic carbocycles. The molecule has 7 nitrogen and oxygen atoms in total. The van der Waals surface area contributed by atoms with Crippen molar-refractivity contribution in [3.63, 3.8) is 0 Å². The van der Waals surface area contributed by atoms with E-state index in [1.165, 1.54) is 24.6 Å². The average molecular weight is 397 g/mol. The molecule has 0 unspecified atom stereocenters. The lowest BCUT2D eigenvalue weighted by Crippen LogP contribution is -2.17. The average Bonchev–Trinajstić information content (AvgIpc) is 3.24. The Morgan fingerprint density at radius 3 is 2.71 bits per heavy atom. The topological polar surface area (TPSA) is 88.5 Å². The number of benzene rings is 1. The van der Waals surface area contributed by atoms with E-state index in [-0.39, 0.29) is 17.1 Å². The molecule has 2 N–H and O–H groups in total. The molecule has 0 bridgehead atoms. The van der Waals surface area contributed by atoms with Crippen molar-refractivity contribution in [2.24, 2.45) is 0 Å². The van der Waals surface area contributed by atoms with Crippen LogP contribution in [0, 0.1) is 0 Å². The zero-order valence-corrected chi connectivity index (χ0v) is 17.1. The van der Waals surface area contributed by atoms with E-state index in [2.05, 4.69) is 41.3 Å². The number of hydrogen-bond acceptors (Lipinski definition) is 5. The van der Waals surface area contributed by atoms with Crippen LogP contribution in [0.25, 0.3) is 5.69 Å². The molecule has 1 saturated carbocycles. The molecule has 4 rings (SSSR count). The Morgan fingerprint density at radius 2 is 2.04 bits per heavy atom. The van der Waals surface area contributed by atoms with Gasteiger partial charge in [0.15, 0.2) is 0 Å². The van der Waals surface area contributed by atoms with Gasteiger partial charge in [-0.2, -0.15) is 5.10 Å². The maximum Gasteiger partial charge on any atom is 0.236 e. The van der Waals surface area contributed by atoms with Gasteiger partial charge in [-0.3, -0.25) is 9.89 Å². The summed E-state index contributed by atoms with van der Waals surface area (Å²) in [6, 6.07) is 11.7. The van der Waals surface area contributed by atoms with Crippen molar-refractivity contribution in [3.05, 3.63) is 47.9 Å². The first kappa shape index (κ1) is 18.7. The van der Waals surface area contributed by atoms with Crippen LogP contribution < -0.4 is 5.32 Å². The van der Waals surface area contributed by atoms with Crippen molar-refractivity contribution in [1.29, 1.82) is 0 Å². The maximum absolute atomic E-state index is 12.5. The van der Waals surface area contributed by atoms with Gasteiger partial charge in [-0.25, -0.2) is 9.67 Å². The summed E-state index contributed by atoms with van der Waals surface area (Å²) in [5, 5.41) is 15.5. The Hall–Kier alpha value is -2.61. The highest BCUT2D eigenvalue weighted by Crippen LogP contribution is 2.38. The lowest BCUT2D eigenvalue weighted by molar-refractivity contribution is -0.113. The first-order valence-corrected chi connectivity index (χ1v) is 10.4. The molecule has 1 aliphatic rings. The number of thioether (sulfide) groups is 1. The highest BCUT2D eigenvalue weighted by atomic mass is 32.2. The Bertz CT molecular complexity index is 968. The minimum absolute atomic E-state index is 0.111. The van der Waals surface area contributed by atoms with Crippen molar-refractivity contribution >= 4 is 23.5 Å². The number of carbonyl (C=O) groups excluding carboxylic acids is 1. The van der Waals surface area contributed by atoms with Crippen molar-refractivity contribution in [1.82, 2.24) is 25.0 Å². The first-order chi connectivity index (χ1) is 13.4. The number of aromatic amines is 1. The first-order valence-electron chi connectivity index (χ1n) is 9.41. The Labute approximate surface area is 168 Å². The largest absolute Gasteiger partial charge is 0.310 e. The lowest BCUT2D eigenvalue weighted by Gasteiger charge is -2.14. The summed E-state index contributed by atoms with van der Waals surface area (Å²) in [5.74, 6) is 2.24. The number of hydrogen-bond donors (Lipinski definition) is 2. The number of aromatic nitrogens is 5. The van der Waals surface area contributed by atoms with Crippen LogP contribution in [0.5, 0.6) is 0 Å². The summed E-state index contributed by atoms with van der Waals surface area (Å²) in [4.78, 5) is 17.0. The molecule has 0 radical (unpaired) electrons. The third kappa shape index (κ3) is 4.27. The van der Waals surface area contributed by atoms with Crippen LogP contribution in [0.4, 0.5) is 5.82 Å². The quantitative estimate of drug-likeness (QED) is 0.617. The molecule has 2 aromatic heterocycles. The van der Waals surface area contributed by atoms with E-state index in [0.29, 0.717) is 16.9 Å². The van der Waals surface area contributed by atoms with Gasteiger partial charge in [0.2, 0.25) is 11.1 Å². The molecule has 0 saturated heterocycles. The number of H-pyrrole nitrogens is 1. The van der Waals surface area contributed by atoms with Gasteiger partial charge in [0.25, 0.3) is 0 Å². The van der Waals surface area contributed by atoms with Gasteiger partial charge >= 0.3 is 0 Å². The summed E-state index contributed by atoms with van der Waals surface area (Å²) in [6.45, 7) is 6.31. The molecule has 1 fully saturated rings. The minimum atomic E-state index is -0.119. The zero-order valence-electron chi connectivity index (χ0n) is 16.3. The van der Waals surface area contributed by atoms with Gasteiger partial charge in [-0.15, -0.1) is 5.10 Å². The van der Waals surface area contributed by atoms with E-state index in [9.17, 15) is 4.79 Å². The zero-order chi connectivity index (χ0) is 19.7. The third-order valence-electron chi connectivity index (χ3n) is 4.52. The number of anilines is 1. The molecule has 8 heteroatoms. The van der Waals surface area contributed by atoms with Crippen molar-refractivity contribution in [2.45, 2.75) is 50.1 Å². The molecule has 0 spiro atoms. The SMILES string of the molecule is CC(C)(C)c1cc(NC(=O)CSc2n[nH]c(C3CC3)n2)n(-c2ccccc2)n1. The molecule has 3 aromatic rings. The molecule has 2 heterocycles. The molecule has 0 aliphatic heterocycles. The van der Waals surface area contributed by atoms with Gasteiger partial charge in [-0.05, 0) is 25.0 Å². The van der Waals surface area contributed by atoms with E-state index in [1.54, 1.807) is 4.68 Å². The van der Waals surface area contributed by atoms with Gasteiger partial charge < -0.3 is 5.32 Å². The van der Waals surface area contributed by atoms with Gasteiger partial charge in [0.1, 0.15) is 11.6 Å². The Morgan fingerprint density at radius 1 is 1.29 bits per heavy atom. The highest BCUT2D eigenvalue weighted by Gasteiger charge is 2.27. The molecular formula is C20H24N6OS. The molecule has 0 atom stereocenters. The summed E-state index contributed by atoms with van der Waals surface area (Å²) >= 11 is 1.33. The van der Waals surface area contributed by atoms with Crippen LogP contribution in [0.3, 0.4) is 0 Å². The number of rotatable bonds is 6. The van der Waals surface area contributed by atoms with Gasteiger partial charge in [0.05, 0.1) is 17.1 Å². The van der Waals surface area contributed by atoms with E-state index in [1.807, 2.05) is 36.4 Å². The summed E-state index contributed by atoms with van der Waals surface area (Å²) < 4.78 is 1.78. The standard InChI is InChI=1S/C20H24N6OS/c1-20(2,3)15-11-16(26(25-15)14-7-5-4-6-8-14)21-17(27)12-28-19-22-18(23-24-19)13-9-10-13/h4-8,11,13H,9-10,12H2,1-3H3,(H,21,27)(H,22,23,24). The second kappa shape index (κ2) is 7.43. The summed E-state index contributed by atoms with van der Waals surface area (Å²) in [5.41, 5.74) is 1.71. The smallest absolute Gasteiger partial charge is 0.236 e. The number of nitrogens with one attached hydrogen (secondary N) is 2. The summed E-state index contributed by atoms with van der Waals surface area (Å²) in [7, 11) is 0. The molecule has 1 amide bonds. The molecule has 146 valence electrons. The summed E-state index contributed by atoms with van der Waals surface area (Å²) in [6.07, 6.45) is 2.33. The third-order valence-corrected chi connectivity index (χ3v) is 5.37. The van der Waals surface area contributed by atoms with Crippen molar-refractivity contribution in [2.75, 3.05) is 11.1 Å². The fourth-order valence-corrected chi connectivity index (χ4v) is 3.38. The van der Waals surface area contributed by atoms with Gasteiger partial charge in [-0.1, -0.05) is 50.7 Å². The normalized spacial score (nSPS) is 14.2. The van der Waals surface area contributed by atoms with Crippen LogP contribution in [-0.2, 0) is 10.2 Å². The van der Waals surface area contributed by atoms with Crippen LogP contribution in [-0.4, -0.2) is 36.6 Å². The van der Waals surface area contributed by atoms with Crippen LogP contribution in [0.2, 0.25) is 0 Å². The van der Waals surface area contributed by atoms with Crippen LogP contribution >= 0.6 is 11.8 Å². The fraction of sp³-hybridized carbons (Fsp3) is 0.400. The van der Waals surface area contributed by atoms with Crippen molar-refractivity contribution < 1.29 is 4.79 Å². The number of nitrogens with zero attached hydrogens (tertiary/aromatic N) is 4. The van der Waals surface area contributed by atoms with Crippen LogP contribution in [0.15, 0.2) is 41.6 Å². The number of amides is 1. The van der Waals surface area contributed by atoms with E-state index < -0.39 is 0 Å².